The van der Waals surface area contributed by atoms with Gasteiger partial charge in [0.05, 0.1) is 6.42 Å². The van der Waals surface area contributed by atoms with Crippen molar-refractivity contribution in [2.24, 2.45) is 5.92 Å². The molecule has 2 atom stereocenters. The maximum Gasteiger partial charge on any atom is 0.304 e. The minimum absolute atomic E-state index is 0.151. The Morgan fingerprint density at radius 2 is 2.00 bits per heavy atom. The van der Waals surface area contributed by atoms with Crippen molar-refractivity contribution >= 4 is 5.97 Å². The lowest BCUT2D eigenvalue weighted by Gasteiger charge is -2.37. The van der Waals surface area contributed by atoms with Crippen LogP contribution >= 0.6 is 0 Å². The lowest BCUT2D eigenvalue weighted by atomic mass is 9.80. The summed E-state index contributed by atoms with van der Waals surface area (Å²) in [5.41, 5.74) is 0. The van der Waals surface area contributed by atoms with Gasteiger partial charge in [0.1, 0.15) is 0 Å². The van der Waals surface area contributed by atoms with Crippen LogP contribution in [0.4, 0.5) is 0 Å². The molecule has 0 aromatic carbocycles. The fourth-order valence-electron chi connectivity index (χ4n) is 2.77. The number of nitrogens with zero attached hydrogens (tertiary/aromatic N) is 1. The number of hydrogen-bond acceptors (Lipinski definition) is 2. The van der Waals surface area contributed by atoms with Crippen molar-refractivity contribution in [1.82, 2.24) is 4.90 Å². The van der Waals surface area contributed by atoms with Crippen LogP contribution in [0.5, 0.6) is 0 Å². The lowest BCUT2D eigenvalue weighted by molar-refractivity contribution is -0.138. The van der Waals surface area contributed by atoms with E-state index in [0.29, 0.717) is 6.04 Å². The van der Waals surface area contributed by atoms with Gasteiger partial charge in [0.15, 0.2) is 0 Å². The van der Waals surface area contributed by atoms with Gasteiger partial charge in [-0.1, -0.05) is 26.2 Å². The first-order valence-electron chi connectivity index (χ1n) is 6.52. The molecule has 0 amide bonds. The van der Waals surface area contributed by atoms with Crippen LogP contribution in [-0.2, 0) is 4.79 Å². The van der Waals surface area contributed by atoms with E-state index in [1.807, 2.05) is 6.92 Å². The number of aliphatic carboxylic acids is 1. The third kappa shape index (κ3) is 3.78. The number of rotatable bonds is 7. The van der Waals surface area contributed by atoms with Crippen molar-refractivity contribution in [3.8, 4) is 0 Å². The molecule has 0 saturated heterocycles. The summed E-state index contributed by atoms with van der Waals surface area (Å²) in [6.07, 6.45) is 5.61. The van der Waals surface area contributed by atoms with Crippen LogP contribution in [0.25, 0.3) is 0 Å². The Morgan fingerprint density at radius 1 is 1.38 bits per heavy atom. The van der Waals surface area contributed by atoms with Crippen molar-refractivity contribution in [3.05, 3.63) is 0 Å². The standard InChI is InChI=1S/C13H25NO2/c1-4-14(11(3)9-13(15)16)10(2)8-12-6-5-7-12/h10-12H,4-9H2,1-3H3,(H,15,16). The van der Waals surface area contributed by atoms with Crippen LogP contribution in [0, 0.1) is 5.92 Å². The van der Waals surface area contributed by atoms with E-state index in [-0.39, 0.29) is 12.5 Å². The molecule has 1 fully saturated rings. The van der Waals surface area contributed by atoms with Gasteiger partial charge in [-0.25, -0.2) is 0 Å². The molecule has 0 aromatic rings. The number of hydrogen-bond donors (Lipinski definition) is 1. The molecule has 0 spiro atoms. The summed E-state index contributed by atoms with van der Waals surface area (Å²) < 4.78 is 0. The third-order valence-electron chi connectivity index (χ3n) is 3.87. The summed E-state index contributed by atoms with van der Waals surface area (Å²) in [6, 6.07) is 0.669. The molecule has 16 heavy (non-hydrogen) atoms. The summed E-state index contributed by atoms with van der Waals surface area (Å²) in [6.45, 7) is 7.33. The highest BCUT2D eigenvalue weighted by Gasteiger charge is 2.25. The van der Waals surface area contributed by atoms with Gasteiger partial charge in [0.2, 0.25) is 0 Å². The van der Waals surface area contributed by atoms with Crippen LogP contribution in [0.1, 0.15) is 52.9 Å². The summed E-state index contributed by atoms with van der Waals surface area (Å²) in [7, 11) is 0. The molecule has 3 nitrogen and oxygen atoms in total. The highest BCUT2D eigenvalue weighted by Crippen LogP contribution is 2.32. The molecule has 1 N–H and O–H groups in total. The van der Waals surface area contributed by atoms with Crippen LogP contribution in [-0.4, -0.2) is 34.6 Å². The van der Waals surface area contributed by atoms with Gasteiger partial charge in [-0.3, -0.25) is 9.69 Å². The first-order valence-corrected chi connectivity index (χ1v) is 6.52. The van der Waals surface area contributed by atoms with Gasteiger partial charge in [-0.2, -0.15) is 0 Å². The zero-order valence-corrected chi connectivity index (χ0v) is 10.8. The molecule has 0 bridgehead atoms. The molecule has 0 aliphatic heterocycles. The molecule has 1 saturated carbocycles. The first kappa shape index (κ1) is 13.5. The minimum atomic E-state index is -0.693. The topological polar surface area (TPSA) is 40.5 Å². The molecule has 0 radical (unpaired) electrons. The van der Waals surface area contributed by atoms with Crippen LogP contribution in [0.15, 0.2) is 0 Å². The van der Waals surface area contributed by atoms with Crippen molar-refractivity contribution in [2.75, 3.05) is 6.54 Å². The third-order valence-corrected chi connectivity index (χ3v) is 3.87. The van der Waals surface area contributed by atoms with Crippen molar-refractivity contribution < 1.29 is 9.90 Å². The van der Waals surface area contributed by atoms with Crippen molar-refractivity contribution in [2.45, 2.75) is 65.0 Å². The maximum absolute atomic E-state index is 10.7. The van der Waals surface area contributed by atoms with Crippen LogP contribution in [0.2, 0.25) is 0 Å². The zero-order chi connectivity index (χ0) is 12.1. The van der Waals surface area contributed by atoms with E-state index in [1.165, 1.54) is 25.7 Å². The molecule has 1 aliphatic rings. The fraction of sp³-hybridized carbons (Fsp3) is 0.923. The second kappa shape index (κ2) is 6.24. The zero-order valence-electron chi connectivity index (χ0n) is 10.8. The smallest absolute Gasteiger partial charge is 0.304 e. The van der Waals surface area contributed by atoms with E-state index in [0.717, 1.165) is 12.5 Å². The largest absolute Gasteiger partial charge is 0.481 e. The lowest BCUT2D eigenvalue weighted by Crippen LogP contribution is -2.42. The van der Waals surface area contributed by atoms with Gasteiger partial charge in [0.25, 0.3) is 0 Å². The van der Waals surface area contributed by atoms with E-state index >= 15 is 0 Å². The number of carboxylic acid groups (broad SMARTS) is 1. The number of carbonyl (C=O) groups is 1. The first-order chi connectivity index (χ1) is 7.54. The SMILES string of the molecule is CCN(C(C)CC(=O)O)C(C)CC1CCC1. The normalized spacial score (nSPS) is 20.5. The van der Waals surface area contributed by atoms with E-state index < -0.39 is 5.97 Å². The van der Waals surface area contributed by atoms with Crippen molar-refractivity contribution in [1.29, 1.82) is 0 Å². The Balaban J connectivity index is 2.40. The summed E-state index contributed by atoms with van der Waals surface area (Å²) in [5.74, 6) is 0.197. The minimum Gasteiger partial charge on any atom is -0.481 e. The van der Waals surface area contributed by atoms with E-state index in [1.54, 1.807) is 0 Å². The highest BCUT2D eigenvalue weighted by molar-refractivity contribution is 5.67. The van der Waals surface area contributed by atoms with Crippen LogP contribution in [0.3, 0.4) is 0 Å². The Bertz CT molecular complexity index is 226. The van der Waals surface area contributed by atoms with Gasteiger partial charge < -0.3 is 5.11 Å². The molecule has 1 rings (SSSR count). The molecule has 1 aliphatic carbocycles. The predicted octanol–water partition coefficient (Wildman–Crippen LogP) is 2.75. The van der Waals surface area contributed by atoms with Gasteiger partial charge in [0, 0.05) is 12.1 Å². The Morgan fingerprint density at radius 3 is 2.38 bits per heavy atom. The summed E-state index contributed by atoms with van der Waals surface area (Å²) >= 11 is 0. The fourth-order valence-corrected chi connectivity index (χ4v) is 2.77. The Kier molecular flexibility index (Phi) is 5.26. The van der Waals surface area contributed by atoms with Crippen LogP contribution < -0.4 is 0 Å². The summed E-state index contributed by atoms with van der Waals surface area (Å²) in [4.78, 5) is 13.0. The van der Waals surface area contributed by atoms with E-state index in [4.69, 9.17) is 5.11 Å². The Hall–Kier alpha value is -0.570. The second-order valence-electron chi connectivity index (χ2n) is 5.16. The number of carboxylic acids is 1. The molecule has 0 aromatic heterocycles. The van der Waals surface area contributed by atoms with E-state index in [9.17, 15) is 4.79 Å². The molecule has 2 unspecified atom stereocenters. The molecular weight excluding hydrogens is 202 g/mol. The van der Waals surface area contributed by atoms with Crippen molar-refractivity contribution in [3.63, 3.8) is 0 Å². The maximum atomic E-state index is 10.7. The summed E-state index contributed by atoms with van der Waals surface area (Å²) in [5, 5.41) is 8.82. The van der Waals surface area contributed by atoms with E-state index in [2.05, 4.69) is 18.7 Å². The molecule has 0 heterocycles. The quantitative estimate of drug-likeness (QED) is 0.727. The molecule has 3 heteroatoms. The van der Waals surface area contributed by atoms with Gasteiger partial charge in [-0.15, -0.1) is 0 Å². The Labute approximate surface area is 98.8 Å². The monoisotopic (exact) mass is 227 g/mol. The predicted molar refractivity (Wildman–Crippen MR) is 65.5 cm³/mol. The average Bonchev–Trinajstić information content (AvgIpc) is 2.11. The second-order valence-corrected chi connectivity index (χ2v) is 5.16. The highest BCUT2D eigenvalue weighted by atomic mass is 16.4. The van der Waals surface area contributed by atoms with Gasteiger partial charge in [-0.05, 0) is 32.7 Å². The van der Waals surface area contributed by atoms with Gasteiger partial charge >= 0.3 is 5.97 Å². The molecule has 94 valence electrons. The molecular formula is C13H25NO2. The average molecular weight is 227 g/mol.